The number of methoxy groups -OCH3 is 1. The fourth-order valence-electron chi connectivity index (χ4n) is 1.93. The molecule has 24 heavy (non-hydrogen) atoms. The van der Waals surface area contributed by atoms with Gasteiger partial charge >= 0.3 is 24.2 Å². The van der Waals surface area contributed by atoms with Gasteiger partial charge < -0.3 is 20.0 Å². The van der Waals surface area contributed by atoms with Gasteiger partial charge in [0.05, 0.1) is 7.11 Å². The molecule has 0 bridgehead atoms. The molecule has 0 aromatic rings. The Labute approximate surface area is 132 Å². The van der Waals surface area contributed by atoms with Crippen molar-refractivity contribution in [3.63, 3.8) is 0 Å². The molecule has 0 amide bonds. The van der Waals surface area contributed by atoms with E-state index in [1.165, 1.54) is 7.11 Å². The third-order valence-corrected chi connectivity index (χ3v) is 3.37. The number of aromatic nitrogens is 4. The number of ether oxygens (including phenoxy) is 2. The van der Waals surface area contributed by atoms with Gasteiger partial charge in [-0.15, -0.1) is 4.73 Å². The zero-order chi connectivity index (χ0) is 17.5. The van der Waals surface area contributed by atoms with Crippen LogP contribution in [0, 0.1) is 0 Å². The van der Waals surface area contributed by atoms with Crippen LogP contribution in [0.25, 0.3) is 11.5 Å². The van der Waals surface area contributed by atoms with Gasteiger partial charge in [-0.25, -0.2) is 4.79 Å². The summed E-state index contributed by atoms with van der Waals surface area (Å²) in [4.78, 5) is 27.1. The molecular weight excluding hydrogens is 335 g/mol. The standard InChI is InChI=1S/C12H12F3N5O4/c1-22-10-17-6-7(16)20(24-9(21)12(13,14)15)11(19-8(6)18-10)23-5-3-2-4-5/h5H,2-4,16H2,1H3. The van der Waals surface area contributed by atoms with Gasteiger partial charge in [0.25, 0.3) is 0 Å². The number of halogens is 3. The molecule has 2 heterocycles. The molecule has 1 aliphatic carbocycles. The van der Waals surface area contributed by atoms with Gasteiger partial charge in [-0.1, -0.05) is 0 Å². The number of nitrogen functional groups attached to an aromatic ring is 1. The number of anilines is 1. The Kier molecular flexibility index (Phi) is 3.81. The molecule has 1 fully saturated rings. The summed E-state index contributed by atoms with van der Waals surface area (Å²) in [6.45, 7) is 0. The van der Waals surface area contributed by atoms with Crippen LogP contribution in [0.2, 0.25) is 0 Å². The smallest absolute Gasteiger partial charge is 0.467 e. The molecule has 0 radical (unpaired) electrons. The lowest BCUT2D eigenvalue weighted by Gasteiger charge is -2.27. The third-order valence-electron chi connectivity index (χ3n) is 3.37. The molecule has 2 aliphatic heterocycles. The van der Waals surface area contributed by atoms with Gasteiger partial charge in [-0.05, 0) is 19.3 Å². The largest absolute Gasteiger partial charge is 0.493 e. The Morgan fingerprint density at radius 2 is 2.00 bits per heavy atom. The lowest BCUT2D eigenvalue weighted by atomic mass is 9.96. The van der Waals surface area contributed by atoms with E-state index in [0.29, 0.717) is 17.6 Å². The summed E-state index contributed by atoms with van der Waals surface area (Å²) >= 11 is 0. The molecule has 0 unspecified atom stereocenters. The van der Waals surface area contributed by atoms with Crippen LogP contribution in [-0.4, -0.2) is 45.0 Å². The molecule has 3 rings (SSSR count). The molecule has 1 saturated carbocycles. The fourth-order valence-corrected chi connectivity index (χ4v) is 1.93. The number of carbonyl (C=O) groups excluding carboxylic acids is 1. The Morgan fingerprint density at radius 1 is 1.29 bits per heavy atom. The van der Waals surface area contributed by atoms with E-state index < -0.39 is 24.0 Å². The first kappa shape index (κ1) is 16.1. The van der Waals surface area contributed by atoms with Gasteiger partial charge in [-0.3, -0.25) is 0 Å². The van der Waals surface area contributed by atoms with Crippen molar-refractivity contribution in [3.05, 3.63) is 0 Å². The van der Waals surface area contributed by atoms with E-state index in [2.05, 4.69) is 19.8 Å². The van der Waals surface area contributed by atoms with Crippen LogP contribution < -0.4 is 20.0 Å². The van der Waals surface area contributed by atoms with Crippen molar-refractivity contribution in [2.45, 2.75) is 31.5 Å². The van der Waals surface area contributed by atoms with Crippen LogP contribution in [0.15, 0.2) is 0 Å². The van der Waals surface area contributed by atoms with Crippen LogP contribution in [0.5, 0.6) is 12.0 Å². The van der Waals surface area contributed by atoms with Crippen molar-refractivity contribution < 1.29 is 32.3 Å². The number of carbonyl (C=O) groups is 1. The molecule has 9 nitrogen and oxygen atoms in total. The number of fused-ring (bicyclic) bond motifs is 1. The second kappa shape index (κ2) is 5.69. The predicted octanol–water partition coefficient (Wildman–Crippen LogP) is 0.817. The molecule has 12 heteroatoms. The molecule has 130 valence electrons. The summed E-state index contributed by atoms with van der Waals surface area (Å²) in [7, 11) is 1.30. The maximum absolute atomic E-state index is 12.5. The topological polar surface area (TPSA) is 114 Å². The molecule has 2 N–H and O–H groups in total. The normalized spacial score (nSPS) is 15.2. The predicted molar refractivity (Wildman–Crippen MR) is 71.3 cm³/mol. The van der Waals surface area contributed by atoms with Crippen LogP contribution >= 0.6 is 0 Å². The van der Waals surface area contributed by atoms with Crippen LogP contribution in [0.4, 0.5) is 19.0 Å². The first-order chi connectivity index (χ1) is 11.3. The van der Waals surface area contributed by atoms with Crippen LogP contribution in [0.1, 0.15) is 19.3 Å². The maximum atomic E-state index is 12.5. The number of alkyl halides is 3. The summed E-state index contributed by atoms with van der Waals surface area (Å²) in [5, 5.41) is 0. The third kappa shape index (κ3) is 2.86. The number of nitrogens with zero attached hydrogens (tertiary/aromatic N) is 4. The number of hydrogen-bond donors (Lipinski definition) is 1. The molecule has 0 atom stereocenters. The zero-order valence-corrected chi connectivity index (χ0v) is 12.3. The lowest BCUT2D eigenvalue weighted by Crippen LogP contribution is -2.36. The van der Waals surface area contributed by atoms with Crippen LogP contribution in [-0.2, 0) is 4.79 Å². The summed E-state index contributed by atoms with van der Waals surface area (Å²) in [6.07, 6.45) is -3.16. The van der Waals surface area contributed by atoms with Gasteiger partial charge in [0.1, 0.15) is 6.10 Å². The van der Waals surface area contributed by atoms with E-state index in [4.69, 9.17) is 15.2 Å². The average Bonchev–Trinajstić information content (AvgIpc) is 2.88. The minimum atomic E-state index is -5.21. The van der Waals surface area contributed by atoms with Crippen molar-refractivity contribution in [2.75, 3.05) is 12.8 Å². The Morgan fingerprint density at radius 3 is 2.54 bits per heavy atom. The van der Waals surface area contributed by atoms with E-state index in [9.17, 15) is 18.0 Å². The second-order valence-corrected chi connectivity index (χ2v) is 5.00. The molecule has 3 aliphatic rings. The van der Waals surface area contributed by atoms with Crippen molar-refractivity contribution in [2.24, 2.45) is 0 Å². The van der Waals surface area contributed by atoms with Gasteiger partial charge in [-0.2, -0.15) is 28.1 Å². The minimum Gasteiger partial charge on any atom is -0.467 e. The summed E-state index contributed by atoms with van der Waals surface area (Å²) in [6, 6.07) is -0.497. The summed E-state index contributed by atoms with van der Waals surface area (Å²) in [5.74, 6) is -2.88. The summed E-state index contributed by atoms with van der Waals surface area (Å²) in [5.41, 5.74) is 5.67. The number of nitrogens with two attached hydrogens (primary N) is 1. The van der Waals surface area contributed by atoms with Crippen molar-refractivity contribution in [1.29, 1.82) is 0 Å². The minimum absolute atomic E-state index is 0.00187. The molecular formula is C12H12F3N5O4. The monoisotopic (exact) mass is 347 g/mol. The highest BCUT2D eigenvalue weighted by atomic mass is 19.4. The average molecular weight is 347 g/mol. The maximum Gasteiger partial charge on any atom is 0.493 e. The second-order valence-electron chi connectivity index (χ2n) is 5.00. The van der Waals surface area contributed by atoms with Crippen LogP contribution in [0.3, 0.4) is 0 Å². The molecule has 0 aromatic carbocycles. The van der Waals surface area contributed by atoms with E-state index in [-0.39, 0.29) is 23.6 Å². The summed E-state index contributed by atoms with van der Waals surface area (Å²) < 4.78 is 48.1. The first-order valence-electron chi connectivity index (χ1n) is 6.85. The number of imidazole rings is 1. The van der Waals surface area contributed by atoms with Crippen molar-refractivity contribution in [1.82, 2.24) is 19.7 Å². The Bertz CT molecular complexity index is 743. The highest BCUT2D eigenvalue weighted by Gasteiger charge is 2.43. The Balaban J connectivity index is 2.05. The van der Waals surface area contributed by atoms with Crippen molar-refractivity contribution >= 4 is 11.8 Å². The highest BCUT2D eigenvalue weighted by molar-refractivity contribution is 5.77. The lowest BCUT2D eigenvalue weighted by molar-refractivity contribution is -0.200. The first-order valence-corrected chi connectivity index (χ1v) is 6.85. The molecule has 0 spiro atoms. The fraction of sp³-hybridized carbons (Fsp3) is 0.500. The van der Waals surface area contributed by atoms with Gasteiger partial charge in [0, 0.05) is 0 Å². The van der Waals surface area contributed by atoms with Gasteiger partial charge in [0.15, 0.2) is 17.3 Å². The quantitative estimate of drug-likeness (QED) is 0.864. The van der Waals surface area contributed by atoms with E-state index >= 15 is 0 Å². The number of hydrogen-bond acceptors (Lipinski definition) is 8. The Hall–Kier alpha value is -2.79. The zero-order valence-electron chi connectivity index (χ0n) is 12.3. The van der Waals surface area contributed by atoms with E-state index in [1.807, 2.05) is 0 Å². The van der Waals surface area contributed by atoms with Gasteiger partial charge in [0.2, 0.25) is 0 Å². The highest BCUT2D eigenvalue weighted by Crippen LogP contribution is 2.32. The SMILES string of the molecule is COc1nc2nc(OC3CCC3)n(OC(=O)C(F)(F)F)c(N)c-2n1. The molecule has 0 saturated heterocycles. The van der Waals surface area contributed by atoms with E-state index in [0.717, 1.165) is 6.42 Å². The van der Waals surface area contributed by atoms with Crippen molar-refractivity contribution in [3.8, 4) is 23.5 Å². The van der Waals surface area contributed by atoms with E-state index in [1.54, 1.807) is 0 Å². The number of rotatable bonds is 4. The molecule has 0 aromatic heterocycles.